The molecule has 0 bridgehead atoms. The van der Waals surface area contributed by atoms with Crippen LogP contribution in [0, 0.1) is 0 Å². The molecule has 0 fully saturated rings. The number of nitrogens with one attached hydrogen (secondary N) is 1. The second-order valence-electron chi connectivity index (χ2n) is 3.44. The number of amides is 1. The largest absolute Gasteiger partial charge is 0.396 e. The Morgan fingerprint density at radius 1 is 1.61 bits per heavy atom. The first-order chi connectivity index (χ1) is 8.32. The monoisotopic (exact) mass is 306 g/mol. The molecule has 0 saturated carbocycles. The Labute approximate surface area is 114 Å². The lowest BCUT2D eigenvalue weighted by molar-refractivity contribution is 0.0963. The number of rotatable bonds is 5. The first-order valence-electron chi connectivity index (χ1n) is 4.88. The van der Waals surface area contributed by atoms with Crippen molar-refractivity contribution in [2.75, 3.05) is 24.8 Å². The lowest BCUT2D eigenvalue weighted by Gasteiger charge is -2.01. The van der Waals surface area contributed by atoms with Crippen LogP contribution in [0.1, 0.15) is 9.67 Å². The van der Waals surface area contributed by atoms with Crippen LogP contribution in [-0.2, 0) is 9.84 Å². The molecule has 1 amide bonds. The minimum Gasteiger partial charge on any atom is -0.396 e. The predicted molar refractivity (Wildman–Crippen MR) is 76.2 cm³/mol. The van der Waals surface area contributed by atoms with E-state index < -0.39 is 9.84 Å². The lowest BCUT2D eigenvalue weighted by atomic mass is 10.4. The number of thiophene rings is 1. The van der Waals surface area contributed by atoms with Crippen LogP contribution in [0.5, 0.6) is 0 Å². The Bertz CT molecular complexity index is 575. The summed E-state index contributed by atoms with van der Waals surface area (Å²) in [4.78, 5) is 12.1. The van der Waals surface area contributed by atoms with Crippen molar-refractivity contribution in [3.8, 4) is 0 Å². The molecule has 1 aromatic rings. The van der Waals surface area contributed by atoms with Crippen molar-refractivity contribution in [1.82, 2.24) is 5.32 Å². The van der Waals surface area contributed by atoms with Gasteiger partial charge in [-0.15, -0.1) is 29.7 Å². The molecule has 0 aliphatic carbocycles. The summed E-state index contributed by atoms with van der Waals surface area (Å²) >= 11 is 2.34. The van der Waals surface area contributed by atoms with Gasteiger partial charge in [0.2, 0.25) is 0 Å². The van der Waals surface area contributed by atoms with Gasteiger partial charge >= 0.3 is 0 Å². The highest BCUT2D eigenvalue weighted by molar-refractivity contribution is 8.01. The van der Waals surface area contributed by atoms with Crippen molar-refractivity contribution in [2.45, 2.75) is 9.10 Å². The van der Waals surface area contributed by atoms with Crippen molar-refractivity contribution in [2.24, 2.45) is 0 Å². The summed E-state index contributed by atoms with van der Waals surface area (Å²) < 4.78 is 23.8. The molecule has 1 aromatic heterocycles. The maximum absolute atomic E-state index is 11.8. The van der Waals surface area contributed by atoms with E-state index in [4.69, 9.17) is 5.73 Å². The molecule has 0 radical (unpaired) electrons. The summed E-state index contributed by atoms with van der Waals surface area (Å²) in [6.07, 6.45) is 4.36. The Kier molecular flexibility index (Phi) is 4.83. The molecule has 0 aliphatic heterocycles. The summed E-state index contributed by atoms with van der Waals surface area (Å²) in [6.45, 7) is 3.79. The van der Waals surface area contributed by atoms with Gasteiger partial charge in [-0.25, -0.2) is 8.42 Å². The molecule has 0 aliphatic rings. The smallest absolute Gasteiger partial charge is 0.263 e. The fourth-order valence-corrected chi connectivity index (χ4v) is 5.10. The summed E-state index contributed by atoms with van der Waals surface area (Å²) in [5, 5.41) is 2.57. The van der Waals surface area contributed by atoms with Crippen molar-refractivity contribution in [3.63, 3.8) is 0 Å². The second kappa shape index (κ2) is 5.77. The number of hydrogen-bond acceptors (Lipinski definition) is 6. The maximum atomic E-state index is 11.8. The number of anilines is 1. The van der Waals surface area contributed by atoms with E-state index in [2.05, 4.69) is 11.9 Å². The fraction of sp³-hybridized carbons (Fsp3) is 0.300. The summed E-state index contributed by atoms with van der Waals surface area (Å²) in [7, 11) is -3.45. The molecule has 1 heterocycles. The second-order valence-corrected chi connectivity index (χ2v) is 7.48. The summed E-state index contributed by atoms with van der Waals surface area (Å²) in [5.41, 5.74) is 5.79. The molecule has 0 aromatic carbocycles. The van der Waals surface area contributed by atoms with Gasteiger partial charge in [-0.1, -0.05) is 6.08 Å². The molecule has 5 nitrogen and oxygen atoms in total. The maximum Gasteiger partial charge on any atom is 0.263 e. The zero-order chi connectivity index (χ0) is 13.9. The SMILES string of the molecule is C=CCNC(=O)c1sc(SC)c(S(C)(=O)=O)c1N. The Morgan fingerprint density at radius 3 is 2.61 bits per heavy atom. The number of hydrogen-bond donors (Lipinski definition) is 2. The van der Waals surface area contributed by atoms with E-state index in [9.17, 15) is 13.2 Å². The molecule has 0 unspecified atom stereocenters. The molecular weight excluding hydrogens is 292 g/mol. The third-order valence-electron chi connectivity index (χ3n) is 2.04. The minimum atomic E-state index is -3.45. The highest BCUT2D eigenvalue weighted by Crippen LogP contribution is 2.40. The molecule has 1 rings (SSSR count). The minimum absolute atomic E-state index is 0.0217. The van der Waals surface area contributed by atoms with E-state index in [1.54, 1.807) is 6.26 Å². The number of sulfone groups is 1. The van der Waals surface area contributed by atoms with E-state index in [1.807, 2.05) is 0 Å². The van der Waals surface area contributed by atoms with Gasteiger partial charge in [-0.05, 0) is 6.26 Å². The molecule has 0 spiro atoms. The van der Waals surface area contributed by atoms with Crippen molar-refractivity contribution >= 4 is 44.5 Å². The molecule has 0 saturated heterocycles. The van der Waals surface area contributed by atoms with Crippen LogP contribution >= 0.6 is 23.1 Å². The summed E-state index contributed by atoms with van der Waals surface area (Å²) in [6, 6.07) is 0. The Hall–Kier alpha value is -0.990. The van der Waals surface area contributed by atoms with Crippen LogP contribution in [-0.4, -0.2) is 33.4 Å². The van der Waals surface area contributed by atoms with Gasteiger partial charge < -0.3 is 11.1 Å². The molecule has 3 N–H and O–H groups in total. The average molecular weight is 306 g/mol. The van der Waals surface area contributed by atoms with Crippen molar-refractivity contribution < 1.29 is 13.2 Å². The number of nitrogens with two attached hydrogens (primary N) is 1. The third-order valence-corrected chi connectivity index (χ3v) is 5.79. The van der Waals surface area contributed by atoms with Crippen LogP contribution in [0.15, 0.2) is 21.8 Å². The highest BCUT2D eigenvalue weighted by atomic mass is 32.2. The number of thioether (sulfide) groups is 1. The van der Waals surface area contributed by atoms with Crippen LogP contribution in [0.2, 0.25) is 0 Å². The topological polar surface area (TPSA) is 89.3 Å². The number of carbonyl (C=O) groups is 1. The average Bonchev–Trinajstić information content (AvgIpc) is 2.62. The van der Waals surface area contributed by atoms with Crippen LogP contribution in [0.3, 0.4) is 0 Å². The molecule has 18 heavy (non-hydrogen) atoms. The number of carbonyl (C=O) groups excluding carboxylic acids is 1. The van der Waals surface area contributed by atoms with Crippen molar-refractivity contribution in [1.29, 1.82) is 0 Å². The van der Waals surface area contributed by atoms with Gasteiger partial charge in [-0.2, -0.15) is 0 Å². The quantitative estimate of drug-likeness (QED) is 0.633. The van der Waals surface area contributed by atoms with Crippen molar-refractivity contribution in [3.05, 3.63) is 17.5 Å². The van der Waals surface area contributed by atoms with Gasteiger partial charge in [0.25, 0.3) is 5.91 Å². The standard InChI is InChI=1S/C10H14N2O3S3/c1-4-5-12-9(13)7-6(11)8(18(3,14)15)10(16-2)17-7/h4H,1,5,11H2,2-3H3,(H,12,13). The van der Waals surface area contributed by atoms with Gasteiger partial charge in [0, 0.05) is 12.8 Å². The van der Waals surface area contributed by atoms with E-state index in [0.29, 0.717) is 10.8 Å². The van der Waals surface area contributed by atoms with Gasteiger partial charge in [0.1, 0.15) is 9.77 Å². The van der Waals surface area contributed by atoms with Crippen LogP contribution < -0.4 is 11.1 Å². The molecule has 0 atom stereocenters. The summed E-state index contributed by atoms with van der Waals surface area (Å²) in [5.74, 6) is -0.386. The third kappa shape index (κ3) is 3.06. The fourth-order valence-electron chi connectivity index (χ4n) is 1.31. The van der Waals surface area contributed by atoms with Crippen LogP contribution in [0.4, 0.5) is 5.69 Å². The lowest BCUT2D eigenvalue weighted by Crippen LogP contribution is -2.23. The first-order valence-corrected chi connectivity index (χ1v) is 8.81. The molecular formula is C10H14N2O3S3. The van der Waals surface area contributed by atoms with E-state index in [0.717, 1.165) is 17.6 Å². The highest BCUT2D eigenvalue weighted by Gasteiger charge is 2.26. The predicted octanol–water partition coefficient (Wildman–Crippen LogP) is 1.37. The van der Waals surface area contributed by atoms with Gasteiger partial charge in [-0.3, -0.25) is 4.79 Å². The Balaban J connectivity index is 3.29. The van der Waals surface area contributed by atoms with Gasteiger partial charge in [0.05, 0.1) is 9.90 Å². The zero-order valence-electron chi connectivity index (χ0n) is 10.0. The Morgan fingerprint density at radius 2 is 2.22 bits per heavy atom. The molecule has 100 valence electrons. The van der Waals surface area contributed by atoms with Gasteiger partial charge in [0.15, 0.2) is 9.84 Å². The van der Waals surface area contributed by atoms with E-state index in [1.165, 1.54) is 17.8 Å². The molecule has 8 heteroatoms. The van der Waals surface area contributed by atoms with E-state index in [-0.39, 0.29) is 21.4 Å². The number of nitrogen functional groups attached to an aromatic ring is 1. The van der Waals surface area contributed by atoms with Crippen LogP contribution in [0.25, 0.3) is 0 Å². The zero-order valence-corrected chi connectivity index (χ0v) is 12.5. The first kappa shape index (κ1) is 15.1. The normalized spacial score (nSPS) is 11.2. The van der Waals surface area contributed by atoms with E-state index >= 15 is 0 Å².